The standard InChI is InChI=1S/C22H29OP/c1-16(14-22(3,4)5)15-24-21(23)20-17(2)10-9-13-19(20)18-11-7-6-8-12-18/h6-13,16,23H,14-15H2,1-5H3/p-1. The molecule has 2 aromatic rings. The van der Waals surface area contributed by atoms with E-state index in [1.165, 1.54) is 0 Å². The lowest BCUT2D eigenvalue weighted by molar-refractivity contribution is -0.207. The Balaban J connectivity index is 2.29. The molecule has 0 radical (unpaired) electrons. The summed E-state index contributed by atoms with van der Waals surface area (Å²) in [4.78, 5) is 0. The van der Waals surface area contributed by atoms with E-state index in [2.05, 4.69) is 45.9 Å². The minimum Gasteiger partial charge on any atom is -0.824 e. The smallest absolute Gasteiger partial charge is 0.00899 e. The van der Waals surface area contributed by atoms with Gasteiger partial charge in [-0.1, -0.05) is 76.2 Å². The van der Waals surface area contributed by atoms with Crippen molar-refractivity contribution >= 4 is 13.7 Å². The molecule has 128 valence electrons. The van der Waals surface area contributed by atoms with Gasteiger partial charge in [0, 0.05) is 0 Å². The Morgan fingerprint density at radius 1 is 1.04 bits per heavy atom. The summed E-state index contributed by atoms with van der Waals surface area (Å²) in [6.07, 6.45) is 2.07. The summed E-state index contributed by atoms with van der Waals surface area (Å²) in [7, 11) is 0.905. The summed E-state index contributed by atoms with van der Waals surface area (Å²) in [5, 5.41) is 12.9. The summed E-state index contributed by atoms with van der Waals surface area (Å²) >= 11 is 0. The Morgan fingerprint density at radius 2 is 1.71 bits per heavy atom. The van der Waals surface area contributed by atoms with Crippen molar-refractivity contribution in [3.8, 4) is 11.1 Å². The zero-order valence-electron chi connectivity index (χ0n) is 15.5. The van der Waals surface area contributed by atoms with E-state index in [0.29, 0.717) is 11.3 Å². The molecule has 0 fully saturated rings. The maximum Gasteiger partial charge on any atom is -0.00899 e. The molecule has 0 aliphatic rings. The zero-order chi connectivity index (χ0) is 17.7. The fourth-order valence-corrected chi connectivity index (χ4v) is 4.30. The van der Waals surface area contributed by atoms with Gasteiger partial charge >= 0.3 is 0 Å². The molecule has 0 aromatic heterocycles. The minimum absolute atomic E-state index is 0.243. The lowest BCUT2D eigenvalue weighted by Crippen LogP contribution is -2.20. The molecule has 2 heteroatoms. The van der Waals surface area contributed by atoms with E-state index in [0.717, 1.165) is 43.0 Å². The van der Waals surface area contributed by atoms with Gasteiger partial charge in [0.1, 0.15) is 0 Å². The average Bonchev–Trinajstić information content (AvgIpc) is 2.51. The first-order valence-electron chi connectivity index (χ1n) is 8.65. The lowest BCUT2D eigenvalue weighted by atomic mass is 9.86. The molecule has 0 aliphatic carbocycles. The fraction of sp³-hybridized carbons (Fsp3) is 0.409. The molecule has 0 bridgehead atoms. The molecule has 0 saturated heterocycles. The Bertz CT molecular complexity index is 696. The van der Waals surface area contributed by atoms with Crippen LogP contribution in [0.3, 0.4) is 0 Å². The molecule has 1 unspecified atom stereocenters. The van der Waals surface area contributed by atoms with Crippen molar-refractivity contribution in [3.63, 3.8) is 0 Å². The predicted octanol–water partition coefficient (Wildman–Crippen LogP) is 5.52. The molecule has 1 atom stereocenters. The van der Waals surface area contributed by atoms with E-state index in [9.17, 15) is 5.11 Å². The SMILES string of the molecule is Cc1cccc(-c2ccccc2)c1C([O-])=PCC(C)CC(C)(C)C. The van der Waals surface area contributed by atoms with Crippen LogP contribution in [0.1, 0.15) is 45.2 Å². The minimum atomic E-state index is 0.243. The van der Waals surface area contributed by atoms with Crippen LogP contribution in [-0.2, 0) is 0 Å². The van der Waals surface area contributed by atoms with E-state index < -0.39 is 0 Å². The lowest BCUT2D eigenvalue weighted by Gasteiger charge is -2.24. The monoisotopic (exact) mass is 339 g/mol. The first-order valence-corrected chi connectivity index (χ1v) is 9.73. The molecular weight excluding hydrogens is 311 g/mol. The number of aryl methyl sites for hydroxylation is 1. The normalized spacial score (nSPS) is 13.8. The topological polar surface area (TPSA) is 23.1 Å². The predicted molar refractivity (Wildman–Crippen MR) is 106 cm³/mol. The van der Waals surface area contributed by atoms with Crippen molar-refractivity contribution in [2.75, 3.05) is 6.16 Å². The summed E-state index contributed by atoms with van der Waals surface area (Å²) in [5.74, 6) is 0.555. The van der Waals surface area contributed by atoms with Gasteiger partial charge in [-0.2, -0.15) is 0 Å². The average molecular weight is 339 g/mol. The Labute approximate surface area is 148 Å². The van der Waals surface area contributed by atoms with Crippen molar-refractivity contribution in [1.29, 1.82) is 0 Å². The second-order valence-corrected chi connectivity index (χ2v) is 8.97. The second kappa shape index (κ2) is 8.10. The third kappa shape index (κ3) is 5.30. The first-order chi connectivity index (χ1) is 11.3. The highest BCUT2D eigenvalue weighted by Crippen LogP contribution is 2.29. The molecule has 0 spiro atoms. The number of benzene rings is 2. The number of rotatable bonds is 5. The highest BCUT2D eigenvalue weighted by molar-refractivity contribution is 7.40. The van der Waals surface area contributed by atoms with Gasteiger partial charge in [-0.3, -0.25) is 0 Å². The summed E-state index contributed by atoms with van der Waals surface area (Å²) in [6, 6.07) is 16.3. The summed E-state index contributed by atoms with van der Waals surface area (Å²) in [6.45, 7) is 11.1. The molecule has 24 heavy (non-hydrogen) atoms. The van der Waals surface area contributed by atoms with Crippen LogP contribution in [0.4, 0.5) is 0 Å². The summed E-state index contributed by atoms with van der Waals surface area (Å²) in [5.41, 5.74) is 4.67. The molecule has 2 rings (SSSR count). The van der Waals surface area contributed by atoms with E-state index in [-0.39, 0.29) is 5.48 Å². The van der Waals surface area contributed by atoms with E-state index in [1.807, 2.05) is 37.3 Å². The molecule has 0 amide bonds. The summed E-state index contributed by atoms with van der Waals surface area (Å²) < 4.78 is 0. The highest BCUT2D eigenvalue weighted by atomic mass is 31.1. The van der Waals surface area contributed by atoms with Crippen LogP contribution < -0.4 is 5.11 Å². The maximum absolute atomic E-state index is 12.9. The van der Waals surface area contributed by atoms with Crippen LogP contribution in [0, 0.1) is 18.3 Å². The van der Waals surface area contributed by atoms with Crippen molar-refractivity contribution in [1.82, 2.24) is 0 Å². The molecule has 0 heterocycles. The van der Waals surface area contributed by atoms with Gasteiger partial charge in [-0.15, -0.1) is 13.7 Å². The molecule has 0 aliphatic heterocycles. The Morgan fingerprint density at radius 3 is 2.33 bits per heavy atom. The Hall–Kier alpha value is -1.43. The molecular formula is C22H28OP-. The van der Waals surface area contributed by atoms with Crippen LogP contribution in [0.2, 0.25) is 0 Å². The Kier molecular flexibility index (Phi) is 6.38. The van der Waals surface area contributed by atoms with Gasteiger partial charge in [0.2, 0.25) is 0 Å². The number of hydrogen-bond acceptors (Lipinski definition) is 1. The van der Waals surface area contributed by atoms with Crippen molar-refractivity contribution < 1.29 is 5.11 Å². The van der Waals surface area contributed by atoms with Crippen LogP contribution in [0.5, 0.6) is 0 Å². The van der Waals surface area contributed by atoms with Gasteiger partial charge in [0.25, 0.3) is 0 Å². The fourth-order valence-electron chi connectivity index (χ4n) is 3.24. The van der Waals surface area contributed by atoms with Crippen molar-refractivity contribution in [2.24, 2.45) is 11.3 Å². The number of hydrogen-bond donors (Lipinski definition) is 0. The van der Waals surface area contributed by atoms with Gasteiger partial charge in [0.15, 0.2) is 0 Å². The van der Waals surface area contributed by atoms with Gasteiger partial charge < -0.3 is 5.11 Å². The van der Waals surface area contributed by atoms with Crippen molar-refractivity contribution in [3.05, 3.63) is 59.7 Å². The van der Waals surface area contributed by atoms with E-state index >= 15 is 0 Å². The highest BCUT2D eigenvalue weighted by Gasteiger charge is 2.14. The van der Waals surface area contributed by atoms with Gasteiger partial charge in [0.05, 0.1) is 0 Å². The molecule has 0 N–H and O–H groups in total. The zero-order valence-corrected chi connectivity index (χ0v) is 16.4. The maximum atomic E-state index is 12.9. The third-order valence-corrected chi connectivity index (χ3v) is 5.40. The van der Waals surface area contributed by atoms with Gasteiger partial charge in [-0.05, 0) is 53.1 Å². The van der Waals surface area contributed by atoms with Gasteiger partial charge in [-0.25, -0.2) is 0 Å². The molecule has 0 saturated carbocycles. The second-order valence-electron chi connectivity index (χ2n) is 7.88. The van der Waals surface area contributed by atoms with Crippen LogP contribution in [0.25, 0.3) is 11.1 Å². The molecule has 2 aromatic carbocycles. The van der Waals surface area contributed by atoms with Crippen molar-refractivity contribution in [2.45, 2.75) is 41.0 Å². The largest absolute Gasteiger partial charge is 0.824 e. The van der Waals surface area contributed by atoms with E-state index in [4.69, 9.17) is 0 Å². The molecule has 1 nitrogen and oxygen atoms in total. The quantitative estimate of drug-likeness (QED) is 0.658. The van der Waals surface area contributed by atoms with Crippen LogP contribution >= 0.6 is 8.20 Å². The van der Waals surface area contributed by atoms with Crippen LogP contribution in [-0.4, -0.2) is 11.6 Å². The van der Waals surface area contributed by atoms with E-state index in [1.54, 1.807) is 0 Å². The van der Waals surface area contributed by atoms with Crippen LogP contribution in [0.15, 0.2) is 48.5 Å². The third-order valence-electron chi connectivity index (χ3n) is 4.08. The first kappa shape index (κ1) is 18.9.